The summed E-state index contributed by atoms with van der Waals surface area (Å²) < 4.78 is 1.87. The molecule has 3 rings (SSSR count). The van der Waals surface area contributed by atoms with E-state index >= 15 is 0 Å². The fourth-order valence-electron chi connectivity index (χ4n) is 2.39. The van der Waals surface area contributed by atoms with Crippen LogP contribution in [0.1, 0.15) is 29.9 Å². The molecule has 0 aliphatic heterocycles. The molecule has 5 nitrogen and oxygen atoms in total. The fraction of sp³-hybridized carbons (Fsp3) is 0.267. The first-order chi connectivity index (χ1) is 10.0. The van der Waals surface area contributed by atoms with E-state index in [0.717, 1.165) is 28.4 Å². The van der Waals surface area contributed by atoms with Crippen LogP contribution in [0.4, 0.5) is 5.82 Å². The number of nitrogens with zero attached hydrogens (tertiary/aromatic N) is 4. The lowest BCUT2D eigenvalue weighted by Gasteiger charge is -2.17. The second-order valence-corrected chi connectivity index (χ2v) is 5.45. The molecule has 0 aliphatic rings. The van der Waals surface area contributed by atoms with Gasteiger partial charge in [-0.25, -0.2) is 14.5 Å². The van der Waals surface area contributed by atoms with Gasteiger partial charge < -0.3 is 5.32 Å². The third kappa shape index (κ3) is 2.69. The summed E-state index contributed by atoms with van der Waals surface area (Å²) in [5.74, 6) is 0.742. The van der Waals surface area contributed by atoms with Crippen LogP contribution in [0.5, 0.6) is 0 Å². The van der Waals surface area contributed by atoms with Crippen molar-refractivity contribution < 1.29 is 0 Å². The predicted molar refractivity (Wildman–Crippen MR) is 83.7 cm³/mol. The Labute approximate surface area is 128 Å². The zero-order valence-corrected chi connectivity index (χ0v) is 12.9. The van der Waals surface area contributed by atoms with Gasteiger partial charge in [0.2, 0.25) is 0 Å². The number of aryl methyl sites for hydroxylation is 2. The molecule has 0 spiro atoms. The van der Waals surface area contributed by atoms with Crippen LogP contribution in [0.3, 0.4) is 0 Å². The lowest BCUT2D eigenvalue weighted by molar-refractivity contribution is 0.794. The molecule has 0 aromatic carbocycles. The second kappa shape index (κ2) is 5.33. The highest BCUT2D eigenvalue weighted by Crippen LogP contribution is 2.22. The van der Waals surface area contributed by atoms with Crippen LogP contribution in [0.25, 0.3) is 5.65 Å². The Morgan fingerprint density at radius 1 is 1.29 bits per heavy atom. The smallest absolute Gasteiger partial charge is 0.155 e. The normalized spacial score (nSPS) is 12.6. The number of hydrogen-bond donors (Lipinski definition) is 1. The van der Waals surface area contributed by atoms with Gasteiger partial charge in [-0.15, -0.1) is 0 Å². The van der Waals surface area contributed by atoms with E-state index in [9.17, 15) is 0 Å². The number of anilines is 1. The van der Waals surface area contributed by atoms with Crippen molar-refractivity contribution in [1.82, 2.24) is 19.6 Å². The Bertz CT molecular complexity index is 796. The summed E-state index contributed by atoms with van der Waals surface area (Å²) in [6.07, 6.45) is 1.88. The summed E-state index contributed by atoms with van der Waals surface area (Å²) in [7, 11) is 0. The van der Waals surface area contributed by atoms with Gasteiger partial charge in [0.25, 0.3) is 0 Å². The van der Waals surface area contributed by atoms with Gasteiger partial charge in [0.1, 0.15) is 11.0 Å². The molecule has 3 aromatic heterocycles. The van der Waals surface area contributed by atoms with E-state index in [1.807, 2.05) is 42.8 Å². The molecular weight excluding hydrogens is 286 g/mol. The standard InChI is InChI=1S/C15H16ClN5/c1-9-7-15-17-8-12(11(3)21(15)20-9)10(2)18-14-6-4-5-13(16)19-14/h4-8,10H,1-3H3,(H,18,19). The highest BCUT2D eigenvalue weighted by Gasteiger charge is 2.13. The lowest BCUT2D eigenvalue weighted by Crippen LogP contribution is -2.12. The average molecular weight is 302 g/mol. The van der Waals surface area contributed by atoms with Crippen molar-refractivity contribution in [2.75, 3.05) is 5.32 Å². The Kier molecular flexibility index (Phi) is 3.51. The van der Waals surface area contributed by atoms with Crippen molar-refractivity contribution in [1.29, 1.82) is 0 Å². The van der Waals surface area contributed by atoms with E-state index < -0.39 is 0 Å². The van der Waals surface area contributed by atoms with E-state index in [1.165, 1.54) is 0 Å². The van der Waals surface area contributed by atoms with E-state index in [0.29, 0.717) is 5.15 Å². The summed E-state index contributed by atoms with van der Waals surface area (Å²) in [6.45, 7) is 6.07. The van der Waals surface area contributed by atoms with Crippen molar-refractivity contribution in [3.8, 4) is 0 Å². The highest BCUT2D eigenvalue weighted by atomic mass is 35.5. The Hall–Kier alpha value is -2.14. The number of aromatic nitrogens is 4. The molecule has 0 saturated heterocycles. The third-order valence-electron chi connectivity index (χ3n) is 3.43. The monoisotopic (exact) mass is 301 g/mol. The molecule has 3 heterocycles. The van der Waals surface area contributed by atoms with Gasteiger partial charge >= 0.3 is 0 Å². The molecule has 1 atom stereocenters. The minimum atomic E-state index is 0.0531. The van der Waals surface area contributed by atoms with Crippen LogP contribution in [0.15, 0.2) is 30.5 Å². The number of nitrogens with one attached hydrogen (secondary N) is 1. The van der Waals surface area contributed by atoms with Crippen molar-refractivity contribution in [3.05, 3.63) is 52.6 Å². The molecule has 0 radical (unpaired) electrons. The van der Waals surface area contributed by atoms with E-state index in [4.69, 9.17) is 11.6 Å². The Morgan fingerprint density at radius 3 is 2.86 bits per heavy atom. The van der Waals surface area contributed by atoms with Gasteiger partial charge in [0.05, 0.1) is 11.7 Å². The first kappa shape index (κ1) is 13.8. The minimum Gasteiger partial charge on any atom is -0.363 e. The molecule has 108 valence electrons. The molecule has 0 saturated carbocycles. The molecule has 0 aliphatic carbocycles. The third-order valence-corrected chi connectivity index (χ3v) is 3.64. The molecule has 0 fully saturated rings. The first-order valence-corrected chi connectivity index (χ1v) is 7.13. The predicted octanol–water partition coefficient (Wildman–Crippen LogP) is 3.57. The maximum Gasteiger partial charge on any atom is 0.155 e. The maximum absolute atomic E-state index is 5.91. The molecule has 0 bridgehead atoms. The van der Waals surface area contributed by atoms with Gasteiger partial charge in [0, 0.05) is 23.5 Å². The van der Waals surface area contributed by atoms with E-state index in [2.05, 4.69) is 27.3 Å². The van der Waals surface area contributed by atoms with Gasteiger partial charge in [-0.3, -0.25) is 0 Å². The highest BCUT2D eigenvalue weighted by molar-refractivity contribution is 6.29. The topological polar surface area (TPSA) is 55.1 Å². The summed E-state index contributed by atoms with van der Waals surface area (Å²) in [6, 6.07) is 7.53. The van der Waals surface area contributed by atoms with Crippen LogP contribution >= 0.6 is 11.6 Å². The van der Waals surface area contributed by atoms with Crippen LogP contribution in [0.2, 0.25) is 5.15 Å². The summed E-state index contributed by atoms with van der Waals surface area (Å²) in [5.41, 5.74) is 3.96. The molecule has 1 unspecified atom stereocenters. The quantitative estimate of drug-likeness (QED) is 0.751. The minimum absolute atomic E-state index is 0.0531. The van der Waals surface area contributed by atoms with Crippen molar-refractivity contribution in [2.45, 2.75) is 26.8 Å². The molecule has 21 heavy (non-hydrogen) atoms. The summed E-state index contributed by atoms with van der Waals surface area (Å²) in [4.78, 5) is 8.70. The van der Waals surface area contributed by atoms with Crippen LogP contribution < -0.4 is 5.32 Å². The van der Waals surface area contributed by atoms with Crippen LogP contribution in [-0.2, 0) is 0 Å². The van der Waals surface area contributed by atoms with Gasteiger partial charge in [-0.05, 0) is 32.9 Å². The van der Waals surface area contributed by atoms with Gasteiger partial charge in [-0.1, -0.05) is 17.7 Å². The largest absolute Gasteiger partial charge is 0.363 e. The van der Waals surface area contributed by atoms with E-state index in [-0.39, 0.29) is 6.04 Å². The van der Waals surface area contributed by atoms with E-state index in [1.54, 1.807) is 6.07 Å². The van der Waals surface area contributed by atoms with Crippen LogP contribution in [-0.4, -0.2) is 19.6 Å². The molecule has 0 amide bonds. The summed E-state index contributed by atoms with van der Waals surface area (Å²) >= 11 is 5.91. The Balaban J connectivity index is 1.94. The fourth-order valence-corrected chi connectivity index (χ4v) is 2.55. The number of hydrogen-bond acceptors (Lipinski definition) is 4. The number of fused-ring (bicyclic) bond motifs is 1. The van der Waals surface area contributed by atoms with Gasteiger partial charge in [0.15, 0.2) is 5.65 Å². The average Bonchev–Trinajstić information content (AvgIpc) is 2.80. The second-order valence-electron chi connectivity index (χ2n) is 5.07. The molecule has 3 aromatic rings. The van der Waals surface area contributed by atoms with Gasteiger partial charge in [-0.2, -0.15) is 5.10 Å². The molecule has 1 N–H and O–H groups in total. The van der Waals surface area contributed by atoms with Crippen molar-refractivity contribution in [2.24, 2.45) is 0 Å². The molecular formula is C15H16ClN5. The van der Waals surface area contributed by atoms with Crippen molar-refractivity contribution >= 4 is 23.1 Å². The summed E-state index contributed by atoms with van der Waals surface area (Å²) in [5, 5.41) is 8.27. The number of pyridine rings is 1. The zero-order chi connectivity index (χ0) is 15.0. The number of halogens is 1. The number of rotatable bonds is 3. The maximum atomic E-state index is 5.91. The van der Waals surface area contributed by atoms with Crippen molar-refractivity contribution in [3.63, 3.8) is 0 Å². The Morgan fingerprint density at radius 2 is 2.10 bits per heavy atom. The van der Waals surface area contributed by atoms with Crippen LogP contribution in [0, 0.1) is 13.8 Å². The zero-order valence-electron chi connectivity index (χ0n) is 12.1. The molecule has 6 heteroatoms. The SMILES string of the molecule is Cc1cc2ncc(C(C)Nc3cccc(Cl)n3)c(C)n2n1. The first-order valence-electron chi connectivity index (χ1n) is 6.75. The lowest BCUT2D eigenvalue weighted by atomic mass is 10.1.